The quantitative estimate of drug-likeness (QED) is 0.939. The van der Waals surface area contributed by atoms with E-state index < -0.39 is 0 Å². The van der Waals surface area contributed by atoms with Gasteiger partial charge in [0.15, 0.2) is 11.5 Å². The Hall–Kier alpha value is -2.43. The summed E-state index contributed by atoms with van der Waals surface area (Å²) in [5.74, 6) is 0.968. The van der Waals surface area contributed by atoms with Gasteiger partial charge >= 0.3 is 0 Å². The highest BCUT2D eigenvalue weighted by Gasteiger charge is 2.16. The molecule has 0 bridgehead atoms. The molecular formula is C18H22N4O. The first-order chi connectivity index (χ1) is 11.1. The SMILES string of the molecule is CC(C)c1ccccc1NC(=O)c1ccc(N2CCCC2)nn1. The van der Waals surface area contributed by atoms with E-state index in [4.69, 9.17) is 0 Å². The minimum absolute atomic E-state index is 0.224. The second-order valence-corrected chi connectivity index (χ2v) is 6.17. The van der Waals surface area contributed by atoms with Crippen LogP contribution in [0.1, 0.15) is 48.7 Å². The van der Waals surface area contributed by atoms with Gasteiger partial charge < -0.3 is 10.2 Å². The smallest absolute Gasteiger partial charge is 0.276 e. The van der Waals surface area contributed by atoms with Gasteiger partial charge in [0.2, 0.25) is 0 Å². The van der Waals surface area contributed by atoms with E-state index in [0.29, 0.717) is 11.6 Å². The molecule has 23 heavy (non-hydrogen) atoms. The van der Waals surface area contributed by atoms with E-state index in [9.17, 15) is 4.79 Å². The van der Waals surface area contributed by atoms with E-state index in [1.807, 2.05) is 30.3 Å². The summed E-state index contributed by atoms with van der Waals surface area (Å²) in [6, 6.07) is 11.5. The number of nitrogens with zero attached hydrogens (tertiary/aromatic N) is 3. The van der Waals surface area contributed by atoms with Gasteiger partial charge in [0.1, 0.15) is 0 Å². The van der Waals surface area contributed by atoms with Crippen molar-refractivity contribution in [2.24, 2.45) is 0 Å². The molecule has 0 aliphatic carbocycles. The third kappa shape index (κ3) is 3.50. The van der Waals surface area contributed by atoms with Crippen molar-refractivity contribution in [3.8, 4) is 0 Å². The van der Waals surface area contributed by atoms with Crippen molar-refractivity contribution in [2.75, 3.05) is 23.3 Å². The van der Waals surface area contributed by atoms with E-state index in [1.54, 1.807) is 6.07 Å². The third-order valence-electron chi connectivity index (χ3n) is 4.14. The molecule has 5 heteroatoms. The first-order valence-corrected chi connectivity index (χ1v) is 8.14. The van der Waals surface area contributed by atoms with Crippen LogP contribution in [-0.2, 0) is 0 Å². The monoisotopic (exact) mass is 310 g/mol. The zero-order chi connectivity index (χ0) is 16.2. The molecule has 3 rings (SSSR count). The fraction of sp³-hybridized carbons (Fsp3) is 0.389. The lowest BCUT2D eigenvalue weighted by Gasteiger charge is -2.16. The molecule has 1 aromatic carbocycles. The van der Waals surface area contributed by atoms with Gasteiger partial charge in [0.05, 0.1) is 0 Å². The van der Waals surface area contributed by atoms with Gasteiger partial charge in [-0.2, -0.15) is 0 Å². The summed E-state index contributed by atoms with van der Waals surface area (Å²) < 4.78 is 0. The lowest BCUT2D eigenvalue weighted by molar-refractivity contribution is 0.102. The van der Waals surface area contributed by atoms with Gasteiger partial charge in [0.25, 0.3) is 5.91 Å². The molecule has 5 nitrogen and oxygen atoms in total. The third-order valence-corrected chi connectivity index (χ3v) is 4.14. The van der Waals surface area contributed by atoms with Crippen molar-refractivity contribution in [1.82, 2.24) is 10.2 Å². The summed E-state index contributed by atoms with van der Waals surface area (Å²) in [5.41, 5.74) is 2.28. The highest BCUT2D eigenvalue weighted by Crippen LogP contribution is 2.24. The van der Waals surface area contributed by atoms with E-state index in [-0.39, 0.29) is 5.91 Å². The Balaban J connectivity index is 1.73. The minimum atomic E-state index is -0.224. The summed E-state index contributed by atoms with van der Waals surface area (Å²) in [6.07, 6.45) is 2.38. The number of nitrogens with one attached hydrogen (secondary N) is 1. The van der Waals surface area contributed by atoms with Crippen molar-refractivity contribution < 1.29 is 4.79 Å². The maximum atomic E-state index is 12.4. The predicted octanol–water partition coefficient (Wildman–Crippen LogP) is 3.45. The number of carbonyl (C=O) groups is 1. The molecule has 1 N–H and O–H groups in total. The van der Waals surface area contributed by atoms with Crippen LogP contribution in [0.5, 0.6) is 0 Å². The van der Waals surface area contributed by atoms with E-state index in [1.165, 1.54) is 12.8 Å². The van der Waals surface area contributed by atoms with Crippen LogP contribution in [0, 0.1) is 0 Å². The fourth-order valence-corrected chi connectivity index (χ4v) is 2.86. The summed E-state index contributed by atoms with van der Waals surface area (Å²) in [5, 5.41) is 11.2. The molecule has 0 radical (unpaired) electrons. The van der Waals surface area contributed by atoms with Crippen molar-refractivity contribution >= 4 is 17.4 Å². The Bertz CT molecular complexity index is 676. The Morgan fingerprint density at radius 3 is 2.48 bits per heavy atom. The van der Waals surface area contributed by atoms with Crippen LogP contribution < -0.4 is 10.2 Å². The van der Waals surface area contributed by atoms with Crippen molar-refractivity contribution in [1.29, 1.82) is 0 Å². The Morgan fingerprint density at radius 1 is 1.09 bits per heavy atom. The number of anilines is 2. The number of benzene rings is 1. The normalized spacial score (nSPS) is 14.3. The Morgan fingerprint density at radius 2 is 1.83 bits per heavy atom. The van der Waals surface area contributed by atoms with E-state index in [0.717, 1.165) is 30.2 Å². The zero-order valence-corrected chi connectivity index (χ0v) is 13.6. The van der Waals surface area contributed by atoms with Gasteiger partial charge in [-0.25, -0.2) is 0 Å². The molecule has 1 fully saturated rings. The average Bonchev–Trinajstić information content (AvgIpc) is 3.10. The largest absolute Gasteiger partial charge is 0.355 e. The lowest BCUT2D eigenvalue weighted by Crippen LogP contribution is -2.21. The number of para-hydroxylation sites is 1. The van der Waals surface area contributed by atoms with Gasteiger partial charge in [-0.1, -0.05) is 32.0 Å². The number of hydrogen-bond acceptors (Lipinski definition) is 4. The first-order valence-electron chi connectivity index (χ1n) is 8.14. The number of amides is 1. The van der Waals surface area contributed by atoms with E-state index >= 15 is 0 Å². The van der Waals surface area contributed by atoms with Crippen molar-refractivity contribution in [3.63, 3.8) is 0 Å². The summed E-state index contributed by atoms with van der Waals surface area (Å²) in [4.78, 5) is 14.6. The predicted molar refractivity (Wildman–Crippen MR) is 92.0 cm³/mol. The van der Waals surface area contributed by atoms with E-state index in [2.05, 4.69) is 34.3 Å². The molecule has 1 saturated heterocycles. The van der Waals surface area contributed by atoms with Gasteiger partial charge in [0, 0.05) is 18.8 Å². The first kappa shape index (κ1) is 15.5. The molecule has 1 amide bonds. The molecule has 2 aromatic rings. The summed E-state index contributed by atoms with van der Waals surface area (Å²) >= 11 is 0. The highest BCUT2D eigenvalue weighted by atomic mass is 16.1. The van der Waals surface area contributed by atoms with Crippen LogP contribution in [0.3, 0.4) is 0 Å². The molecule has 0 unspecified atom stereocenters. The fourth-order valence-electron chi connectivity index (χ4n) is 2.86. The second kappa shape index (κ2) is 6.77. The molecule has 0 atom stereocenters. The van der Waals surface area contributed by atoms with Gasteiger partial charge in [-0.05, 0) is 42.5 Å². The van der Waals surface area contributed by atoms with Crippen LogP contribution in [0.4, 0.5) is 11.5 Å². The molecule has 0 saturated carbocycles. The topological polar surface area (TPSA) is 58.1 Å². The summed E-state index contributed by atoms with van der Waals surface area (Å²) in [7, 11) is 0. The van der Waals surface area contributed by atoms with Crippen LogP contribution in [0.15, 0.2) is 36.4 Å². The second-order valence-electron chi connectivity index (χ2n) is 6.17. The van der Waals surface area contributed by atoms with Crippen LogP contribution in [-0.4, -0.2) is 29.2 Å². The number of aromatic nitrogens is 2. The Labute approximate surface area is 136 Å². The summed E-state index contributed by atoms with van der Waals surface area (Å²) in [6.45, 7) is 6.25. The number of hydrogen-bond donors (Lipinski definition) is 1. The lowest BCUT2D eigenvalue weighted by atomic mass is 10.0. The number of rotatable bonds is 4. The molecule has 1 aliphatic heterocycles. The van der Waals surface area contributed by atoms with Gasteiger partial charge in [-0.15, -0.1) is 10.2 Å². The Kier molecular flexibility index (Phi) is 4.55. The maximum Gasteiger partial charge on any atom is 0.276 e. The molecule has 120 valence electrons. The number of carbonyl (C=O) groups excluding carboxylic acids is 1. The molecule has 2 heterocycles. The molecule has 0 spiro atoms. The van der Waals surface area contributed by atoms with Crippen LogP contribution >= 0.6 is 0 Å². The maximum absolute atomic E-state index is 12.4. The molecule has 1 aromatic heterocycles. The highest BCUT2D eigenvalue weighted by molar-refractivity contribution is 6.03. The zero-order valence-electron chi connectivity index (χ0n) is 13.6. The standard InChI is InChI=1S/C18H22N4O/c1-13(2)14-7-3-4-8-15(14)19-18(23)16-9-10-17(21-20-16)22-11-5-6-12-22/h3-4,7-10,13H,5-6,11-12H2,1-2H3,(H,19,23). The van der Waals surface area contributed by atoms with Crippen LogP contribution in [0.25, 0.3) is 0 Å². The average molecular weight is 310 g/mol. The van der Waals surface area contributed by atoms with Crippen LogP contribution in [0.2, 0.25) is 0 Å². The molecular weight excluding hydrogens is 288 g/mol. The van der Waals surface area contributed by atoms with Crippen molar-refractivity contribution in [2.45, 2.75) is 32.6 Å². The minimum Gasteiger partial charge on any atom is -0.355 e. The molecule has 1 aliphatic rings. The van der Waals surface area contributed by atoms with Gasteiger partial charge in [-0.3, -0.25) is 4.79 Å². The van der Waals surface area contributed by atoms with Crippen molar-refractivity contribution in [3.05, 3.63) is 47.7 Å².